The van der Waals surface area contributed by atoms with Crippen molar-refractivity contribution in [2.75, 3.05) is 0 Å². The fraction of sp³-hybridized carbons (Fsp3) is 0.850. The summed E-state index contributed by atoms with van der Waals surface area (Å²) < 4.78 is 0. The van der Waals surface area contributed by atoms with Gasteiger partial charge in [-0.3, -0.25) is 4.79 Å². The molecule has 7 atom stereocenters. The number of aliphatic hydroxyl groups excluding tert-OH is 1. The maximum atomic E-state index is 12.0. The van der Waals surface area contributed by atoms with E-state index in [1.54, 1.807) is 0 Å². The lowest BCUT2D eigenvalue weighted by molar-refractivity contribution is -0.190. The number of carboxylic acids is 1. The summed E-state index contributed by atoms with van der Waals surface area (Å²) in [5.74, 6) is 0.581. The van der Waals surface area contributed by atoms with Crippen LogP contribution in [0.3, 0.4) is 0 Å². The van der Waals surface area contributed by atoms with Gasteiger partial charge in [0.15, 0.2) is 0 Å². The standard InChI is InChI=1S/C20H30O3/c1-12-13-5-6-15-18(2)8-4-9-19(3,17(22)23)14(18)7-10-20(15,11-13)16(12)21/h13-16,21H,1,4-11H2,2-3H3,(H,22,23)/t13-,14-,15+,16+,18+,19-,20-/m0/s1. The Bertz CT molecular complexity index is 569. The van der Waals surface area contributed by atoms with Gasteiger partial charge in [-0.1, -0.05) is 19.9 Å². The molecule has 2 N–H and O–H groups in total. The van der Waals surface area contributed by atoms with E-state index in [1.807, 2.05) is 6.92 Å². The van der Waals surface area contributed by atoms with Crippen molar-refractivity contribution in [1.82, 2.24) is 0 Å². The molecule has 4 rings (SSSR count). The van der Waals surface area contributed by atoms with Gasteiger partial charge in [-0.25, -0.2) is 0 Å². The molecule has 0 heterocycles. The first-order valence-corrected chi connectivity index (χ1v) is 9.36. The smallest absolute Gasteiger partial charge is 0.309 e. The lowest BCUT2D eigenvalue weighted by atomic mass is 9.40. The van der Waals surface area contributed by atoms with E-state index in [0.717, 1.165) is 56.9 Å². The minimum atomic E-state index is -0.616. The molecule has 3 nitrogen and oxygen atoms in total. The Morgan fingerprint density at radius 2 is 1.87 bits per heavy atom. The van der Waals surface area contributed by atoms with E-state index >= 15 is 0 Å². The second kappa shape index (κ2) is 4.62. The van der Waals surface area contributed by atoms with Crippen LogP contribution in [0.1, 0.15) is 65.2 Å². The van der Waals surface area contributed by atoms with Crippen LogP contribution in [0.4, 0.5) is 0 Å². The highest BCUT2D eigenvalue weighted by Gasteiger charge is 2.67. The average molecular weight is 318 g/mol. The van der Waals surface area contributed by atoms with Crippen molar-refractivity contribution in [2.24, 2.45) is 34.0 Å². The van der Waals surface area contributed by atoms with Crippen LogP contribution in [-0.4, -0.2) is 22.3 Å². The predicted octanol–water partition coefficient (Wildman–Crippen LogP) is 4.01. The largest absolute Gasteiger partial charge is 0.481 e. The van der Waals surface area contributed by atoms with Crippen LogP contribution in [-0.2, 0) is 4.79 Å². The number of hydrogen-bond donors (Lipinski definition) is 2. The molecule has 4 saturated carbocycles. The number of rotatable bonds is 1. The number of carbonyl (C=O) groups is 1. The first-order valence-electron chi connectivity index (χ1n) is 9.36. The summed E-state index contributed by atoms with van der Waals surface area (Å²) in [4.78, 5) is 12.0. The van der Waals surface area contributed by atoms with Crippen molar-refractivity contribution in [3.8, 4) is 0 Å². The third-order valence-electron chi connectivity index (χ3n) is 8.70. The van der Waals surface area contributed by atoms with Crippen molar-refractivity contribution in [3.05, 3.63) is 12.2 Å². The monoisotopic (exact) mass is 318 g/mol. The van der Waals surface area contributed by atoms with Gasteiger partial charge >= 0.3 is 5.97 Å². The second-order valence-corrected chi connectivity index (χ2v) is 9.41. The Morgan fingerprint density at radius 1 is 1.13 bits per heavy atom. The fourth-order valence-electron chi connectivity index (χ4n) is 7.62. The van der Waals surface area contributed by atoms with Crippen LogP contribution < -0.4 is 0 Å². The van der Waals surface area contributed by atoms with Crippen molar-refractivity contribution >= 4 is 5.97 Å². The molecule has 3 heteroatoms. The van der Waals surface area contributed by atoms with E-state index in [4.69, 9.17) is 0 Å². The van der Waals surface area contributed by atoms with Crippen molar-refractivity contribution < 1.29 is 15.0 Å². The topological polar surface area (TPSA) is 57.5 Å². The minimum Gasteiger partial charge on any atom is -0.481 e. The molecule has 4 aliphatic rings. The maximum absolute atomic E-state index is 12.0. The van der Waals surface area contributed by atoms with Crippen LogP contribution in [0.2, 0.25) is 0 Å². The van der Waals surface area contributed by atoms with Gasteiger partial charge in [-0.2, -0.15) is 0 Å². The molecule has 0 unspecified atom stereocenters. The van der Waals surface area contributed by atoms with Crippen LogP contribution >= 0.6 is 0 Å². The van der Waals surface area contributed by atoms with Gasteiger partial charge in [0.1, 0.15) is 0 Å². The molecule has 1 spiro atoms. The first kappa shape index (κ1) is 15.7. The van der Waals surface area contributed by atoms with Crippen LogP contribution in [0.25, 0.3) is 0 Å². The molecule has 128 valence electrons. The number of aliphatic carboxylic acids is 1. The average Bonchev–Trinajstić information content (AvgIpc) is 2.68. The zero-order valence-electron chi connectivity index (χ0n) is 14.5. The summed E-state index contributed by atoms with van der Waals surface area (Å²) in [6, 6.07) is 0. The number of carboxylic acid groups (broad SMARTS) is 1. The van der Waals surface area contributed by atoms with Gasteiger partial charge in [0.2, 0.25) is 0 Å². The lowest BCUT2D eigenvalue weighted by Crippen LogP contribution is -2.60. The molecule has 0 aromatic carbocycles. The molecular weight excluding hydrogens is 288 g/mol. The van der Waals surface area contributed by atoms with Crippen LogP contribution in [0.5, 0.6) is 0 Å². The number of aliphatic hydroxyl groups is 1. The summed E-state index contributed by atoms with van der Waals surface area (Å²) in [6.07, 6.45) is 7.86. The van der Waals surface area contributed by atoms with Gasteiger partial charge in [-0.05, 0) is 80.6 Å². The minimum absolute atomic E-state index is 0.0119. The normalized spacial score (nSPS) is 55.2. The second-order valence-electron chi connectivity index (χ2n) is 9.41. The highest BCUT2D eigenvalue weighted by atomic mass is 16.4. The molecule has 0 aromatic rings. The van der Waals surface area contributed by atoms with Crippen LogP contribution in [0.15, 0.2) is 12.2 Å². The maximum Gasteiger partial charge on any atom is 0.309 e. The predicted molar refractivity (Wildman–Crippen MR) is 88.8 cm³/mol. The van der Waals surface area contributed by atoms with Crippen molar-refractivity contribution in [2.45, 2.75) is 71.3 Å². The fourth-order valence-corrected chi connectivity index (χ4v) is 7.62. The van der Waals surface area contributed by atoms with E-state index in [-0.39, 0.29) is 22.9 Å². The zero-order chi connectivity index (χ0) is 16.6. The van der Waals surface area contributed by atoms with Gasteiger partial charge in [-0.15, -0.1) is 0 Å². The summed E-state index contributed by atoms with van der Waals surface area (Å²) in [7, 11) is 0. The molecule has 0 aromatic heterocycles. The van der Waals surface area contributed by atoms with E-state index in [0.29, 0.717) is 11.8 Å². The Hall–Kier alpha value is -0.830. The quantitative estimate of drug-likeness (QED) is 0.718. The van der Waals surface area contributed by atoms with E-state index in [1.165, 1.54) is 0 Å². The van der Waals surface area contributed by atoms with Gasteiger partial charge in [0, 0.05) is 5.41 Å². The molecule has 0 radical (unpaired) electrons. The molecule has 23 heavy (non-hydrogen) atoms. The summed E-state index contributed by atoms with van der Waals surface area (Å²) in [5, 5.41) is 20.9. The van der Waals surface area contributed by atoms with E-state index in [2.05, 4.69) is 13.5 Å². The first-order chi connectivity index (χ1) is 10.8. The molecule has 0 aliphatic heterocycles. The van der Waals surface area contributed by atoms with E-state index < -0.39 is 11.4 Å². The highest BCUT2D eigenvalue weighted by molar-refractivity contribution is 5.75. The van der Waals surface area contributed by atoms with Gasteiger partial charge < -0.3 is 10.2 Å². The summed E-state index contributed by atoms with van der Waals surface area (Å²) in [5.41, 5.74) is 0.514. The Kier molecular flexibility index (Phi) is 3.15. The highest BCUT2D eigenvalue weighted by Crippen LogP contribution is 2.72. The molecule has 4 fully saturated rings. The SMILES string of the molecule is C=C1[C@H]2CC[C@@H]3[C@]4(C)CCC[C@](C)(C(=O)O)[C@H]4CC[C@@]3(C2)[C@@H]1O. The lowest BCUT2D eigenvalue weighted by Gasteiger charge is -2.63. The summed E-state index contributed by atoms with van der Waals surface area (Å²) in [6.45, 7) is 8.53. The Labute approximate surface area is 139 Å². The Balaban J connectivity index is 1.78. The molecule has 2 bridgehead atoms. The molecule has 4 aliphatic carbocycles. The summed E-state index contributed by atoms with van der Waals surface area (Å²) >= 11 is 0. The third-order valence-corrected chi connectivity index (χ3v) is 8.70. The van der Waals surface area contributed by atoms with Crippen molar-refractivity contribution in [3.63, 3.8) is 0 Å². The van der Waals surface area contributed by atoms with Crippen LogP contribution in [0, 0.1) is 34.0 Å². The third kappa shape index (κ3) is 1.72. The van der Waals surface area contributed by atoms with E-state index in [9.17, 15) is 15.0 Å². The molecule has 0 amide bonds. The number of fused-ring (bicyclic) bond motifs is 3. The molecule has 0 saturated heterocycles. The Morgan fingerprint density at radius 3 is 2.57 bits per heavy atom. The molecular formula is C20H30O3. The van der Waals surface area contributed by atoms with Crippen molar-refractivity contribution in [1.29, 1.82) is 0 Å². The van der Waals surface area contributed by atoms with Gasteiger partial charge in [0.05, 0.1) is 11.5 Å². The number of hydrogen-bond acceptors (Lipinski definition) is 2. The zero-order valence-corrected chi connectivity index (χ0v) is 14.5. The van der Waals surface area contributed by atoms with Gasteiger partial charge in [0.25, 0.3) is 0 Å².